The number of hydrogen-bond donors (Lipinski definition) is 2. The Balaban J connectivity index is 2.91. The maximum Gasteiger partial charge on any atom is 0.419 e. The van der Waals surface area contributed by atoms with Crippen LogP contribution < -0.4 is 11.5 Å². The second kappa shape index (κ2) is 7.10. The number of hydrogen-bond acceptors (Lipinski definition) is 4. The molecule has 0 spiro atoms. The molecule has 0 fully saturated rings. The van der Waals surface area contributed by atoms with E-state index in [-0.39, 0.29) is 4.68 Å². The molecule has 164 valence electrons. The molecule has 2 rings (SSSR count). The number of nitrogens with zero attached hydrogens (tertiary/aromatic N) is 3. The highest BCUT2D eigenvalue weighted by molar-refractivity contribution is 6.38. The second-order valence-corrected chi connectivity index (χ2v) is 6.54. The van der Waals surface area contributed by atoms with Crippen molar-refractivity contribution in [1.82, 2.24) is 9.78 Å². The van der Waals surface area contributed by atoms with Crippen molar-refractivity contribution in [3.8, 4) is 11.8 Å². The molecular formula is C14H6Cl2F9N5. The Labute approximate surface area is 170 Å². The van der Waals surface area contributed by atoms with Crippen LogP contribution in [0.3, 0.4) is 0 Å². The summed E-state index contributed by atoms with van der Waals surface area (Å²) in [5.74, 6) is -1.45. The molecule has 1 aromatic carbocycles. The van der Waals surface area contributed by atoms with Crippen molar-refractivity contribution in [1.29, 1.82) is 5.26 Å². The Morgan fingerprint density at radius 1 is 0.933 bits per heavy atom. The summed E-state index contributed by atoms with van der Waals surface area (Å²) in [5, 5.41) is 10.5. The molecule has 0 saturated carbocycles. The minimum atomic E-state index is -6.19. The monoisotopic (exact) mass is 485 g/mol. The highest BCUT2D eigenvalue weighted by Gasteiger charge is 2.71. The molecule has 1 heterocycles. The van der Waals surface area contributed by atoms with Crippen molar-refractivity contribution in [2.75, 3.05) is 5.73 Å². The number of halogens is 11. The van der Waals surface area contributed by atoms with E-state index in [1.165, 1.54) is 0 Å². The standard InChI is InChI=1S/C14H6Cl2F9N5/c15-5-1-4(12(17,18)19)2-6(16)9(5)30-10(27)8(7(3-26)29-30)11(28,13(20,21)22)14(23,24)25/h1-2H,27-28H2. The Hall–Kier alpha value is -2.37. The van der Waals surface area contributed by atoms with Gasteiger partial charge < -0.3 is 11.5 Å². The minimum Gasteiger partial charge on any atom is -0.383 e. The van der Waals surface area contributed by atoms with Gasteiger partial charge in [0.05, 0.1) is 21.2 Å². The number of benzene rings is 1. The SMILES string of the molecule is N#Cc1nn(-c2c(Cl)cc(C(F)(F)F)cc2Cl)c(N)c1C(N)(C(F)(F)F)C(F)(F)F. The zero-order valence-electron chi connectivity index (χ0n) is 13.8. The predicted octanol–water partition coefficient (Wildman–Crippen LogP) is 4.93. The first-order valence-corrected chi connectivity index (χ1v) is 7.91. The summed E-state index contributed by atoms with van der Waals surface area (Å²) < 4.78 is 118. The van der Waals surface area contributed by atoms with Crippen LogP contribution in [0.25, 0.3) is 5.69 Å². The maximum absolute atomic E-state index is 13.3. The van der Waals surface area contributed by atoms with Crippen LogP contribution in [-0.4, -0.2) is 22.1 Å². The number of alkyl halides is 9. The number of rotatable bonds is 2. The first kappa shape index (κ1) is 23.9. The highest BCUT2D eigenvalue weighted by atomic mass is 35.5. The lowest BCUT2D eigenvalue weighted by atomic mass is 9.89. The average molecular weight is 486 g/mol. The number of nitrogen functional groups attached to an aromatic ring is 1. The first-order chi connectivity index (χ1) is 13.4. The van der Waals surface area contributed by atoms with E-state index in [4.69, 9.17) is 34.2 Å². The van der Waals surface area contributed by atoms with E-state index in [0.29, 0.717) is 12.1 Å². The van der Waals surface area contributed by atoms with E-state index in [1.54, 1.807) is 0 Å². The van der Waals surface area contributed by atoms with Crippen LogP contribution in [0.2, 0.25) is 10.0 Å². The molecule has 0 aliphatic heterocycles. The Morgan fingerprint density at radius 2 is 1.37 bits per heavy atom. The van der Waals surface area contributed by atoms with Crippen LogP contribution in [0.5, 0.6) is 0 Å². The molecule has 4 N–H and O–H groups in total. The van der Waals surface area contributed by atoms with Crippen LogP contribution in [0, 0.1) is 11.3 Å². The van der Waals surface area contributed by atoms with Gasteiger partial charge in [-0.05, 0) is 12.1 Å². The summed E-state index contributed by atoms with van der Waals surface area (Å²) in [7, 11) is 0. The van der Waals surface area contributed by atoms with Gasteiger partial charge in [0, 0.05) is 0 Å². The third-order valence-electron chi connectivity index (χ3n) is 3.87. The zero-order chi connectivity index (χ0) is 23.4. The molecule has 16 heteroatoms. The predicted molar refractivity (Wildman–Crippen MR) is 85.7 cm³/mol. The van der Waals surface area contributed by atoms with Gasteiger partial charge in [-0.3, -0.25) is 0 Å². The second-order valence-electron chi connectivity index (χ2n) is 5.72. The van der Waals surface area contributed by atoms with Crippen LogP contribution in [-0.2, 0) is 11.7 Å². The van der Waals surface area contributed by atoms with E-state index in [0.717, 1.165) is 6.07 Å². The van der Waals surface area contributed by atoms with Crippen LogP contribution in [0.4, 0.5) is 45.3 Å². The van der Waals surface area contributed by atoms with E-state index in [2.05, 4.69) is 10.8 Å². The van der Waals surface area contributed by atoms with Crippen molar-refractivity contribution in [3.05, 3.63) is 39.0 Å². The van der Waals surface area contributed by atoms with Crippen LogP contribution in [0.15, 0.2) is 12.1 Å². The Kier molecular flexibility index (Phi) is 5.66. The lowest BCUT2D eigenvalue weighted by molar-refractivity contribution is -0.301. The van der Waals surface area contributed by atoms with Gasteiger partial charge in [0.1, 0.15) is 17.6 Å². The van der Waals surface area contributed by atoms with Gasteiger partial charge in [0.25, 0.3) is 0 Å². The van der Waals surface area contributed by atoms with Gasteiger partial charge in [-0.15, -0.1) is 0 Å². The quantitative estimate of drug-likeness (QED) is 0.589. The van der Waals surface area contributed by atoms with Gasteiger partial charge in [-0.2, -0.15) is 49.9 Å². The average Bonchev–Trinajstić information content (AvgIpc) is 2.87. The topological polar surface area (TPSA) is 93.6 Å². The lowest BCUT2D eigenvalue weighted by Gasteiger charge is -2.33. The molecule has 2 aromatic rings. The van der Waals surface area contributed by atoms with Crippen molar-refractivity contribution in [2.45, 2.75) is 24.1 Å². The summed E-state index contributed by atoms with van der Waals surface area (Å²) in [6, 6.07) is 1.57. The van der Waals surface area contributed by atoms with E-state index in [9.17, 15) is 39.5 Å². The molecule has 0 aliphatic rings. The zero-order valence-corrected chi connectivity index (χ0v) is 15.3. The maximum atomic E-state index is 13.3. The van der Waals surface area contributed by atoms with Gasteiger partial charge in [0.15, 0.2) is 5.69 Å². The minimum absolute atomic E-state index is 0.0811. The van der Waals surface area contributed by atoms with Gasteiger partial charge in [-0.1, -0.05) is 23.2 Å². The largest absolute Gasteiger partial charge is 0.419 e. The summed E-state index contributed by atoms with van der Waals surface area (Å²) in [4.78, 5) is 0. The van der Waals surface area contributed by atoms with E-state index >= 15 is 0 Å². The van der Waals surface area contributed by atoms with Gasteiger partial charge >= 0.3 is 18.5 Å². The van der Waals surface area contributed by atoms with Crippen LogP contribution >= 0.6 is 23.2 Å². The summed E-state index contributed by atoms with van der Waals surface area (Å²) in [6.45, 7) is 0. The molecule has 0 atom stereocenters. The van der Waals surface area contributed by atoms with Crippen molar-refractivity contribution >= 4 is 29.0 Å². The van der Waals surface area contributed by atoms with Crippen molar-refractivity contribution in [2.24, 2.45) is 5.73 Å². The molecule has 30 heavy (non-hydrogen) atoms. The third-order valence-corrected chi connectivity index (χ3v) is 4.45. The van der Waals surface area contributed by atoms with Gasteiger partial charge in [0.2, 0.25) is 5.54 Å². The lowest BCUT2D eigenvalue weighted by Crippen LogP contribution is -2.61. The molecule has 5 nitrogen and oxygen atoms in total. The Morgan fingerprint density at radius 3 is 1.70 bits per heavy atom. The van der Waals surface area contributed by atoms with Gasteiger partial charge in [-0.25, -0.2) is 4.68 Å². The number of anilines is 1. The normalized spacial score (nSPS) is 13.4. The summed E-state index contributed by atoms with van der Waals surface area (Å²) >= 11 is 11.4. The number of nitrogens with two attached hydrogens (primary N) is 2. The van der Waals surface area contributed by atoms with E-state index in [1.807, 2.05) is 0 Å². The number of nitriles is 1. The fourth-order valence-corrected chi connectivity index (χ4v) is 3.09. The molecule has 0 aliphatic carbocycles. The third kappa shape index (κ3) is 3.61. The fraction of sp³-hybridized carbons (Fsp3) is 0.286. The smallest absolute Gasteiger partial charge is 0.383 e. The first-order valence-electron chi connectivity index (χ1n) is 7.16. The summed E-state index contributed by atoms with van der Waals surface area (Å²) in [6.07, 6.45) is -17.3. The molecule has 0 amide bonds. The van der Waals surface area contributed by atoms with E-state index < -0.39 is 62.4 Å². The van der Waals surface area contributed by atoms with Crippen molar-refractivity contribution < 1.29 is 39.5 Å². The molecule has 0 radical (unpaired) electrons. The molecule has 0 unspecified atom stereocenters. The molecule has 1 aromatic heterocycles. The summed E-state index contributed by atoms with van der Waals surface area (Å²) in [5.41, 5.74) is -0.706. The van der Waals surface area contributed by atoms with Crippen molar-refractivity contribution in [3.63, 3.8) is 0 Å². The molecule has 0 saturated heterocycles. The Bertz CT molecular complexity index is 994. The fourth-order valence-electron chi connectivity index (χ4n) is 2.44. The number of aromatic nitrogens is 2. The molecule has 0 bridgehead atoms. The van der Waals surface area contributed by atoms with Crippen LogP contribution in [0.1, 0.15) is 16.8 Å². The highest BCUT2D eigenvalue weighted by Crippen LogP contribution is 2.51. The molecular weight excluding hydrogens is 480 g/mol.